The maximum Gasteiger partial charge on any atom is 0.417 e. The molecule has 8 heteroatoms. The second-order valence-electron chi connectivity index (χ2n) is 5.85. The Morgan fingerprint density at radius 3 is 2.34 bits per heavy atom. The van der Waals surface area contributed by atoms with Gasteiger partial charge in [-0.05, 0) is 42.5 Å². The average Bonchev–Trinajstić information content (AvgIpc) is 2.69. The van der Waals surface area contributed by atoms with Gasteiger partial charge in [-0.25, -0.2) is 0 Å². The molecule has 1 N–H and O–H groups in total. The lowest BCUT2D eigenvalue weighted by molar-refractivity contribution is -0.137. The van der Waals surface area contributed by atoms with Crippen LogP contribution < -0.4 is 5.32 Å². The van der Waals surface area contributed by atoms with E-state index in [4.69, 9.17) is 11.6 Å². The SMILES string of the molecule is N#Cc1ccccc1Sc1ccccc1C(=O)Nc1ccc(Cl)c(C(F)(F)F)c1. The highest BCUT2D eigenvalue weighted by Gasteiger charge is 2.33. The van der Waals surface area contributed by atoms with E-state index in [0.29, 0.717) is 15.4 Å². The summed E-state index contributed by atoms with van der Waals surface area (Å²) in [6.45, 7) is 0. The molecule has 0 saturated carbocycles. The number of hydrogen-bond acceptors (Lipinski definition) is 3. The number of carbonyl (C=O) groups is 1. The molecule has 0 aliphatic carbocycles. The quantitative estimate of drug-likeness (QED) is 0.503. The highest BCUT2D eigenvalue weighted by molar-refractivity contribution is 7.99. The van der Waals surface area contributed by atoms with E-state index in [2.05, 4.69) is 11.4 Å². The Morgan fingerprint density at radius 1 is 1.00 bits per heavy atom. The molecule has 3 rings (SSSR count). The molecule has 0 atom stereocenters. The van der Waals surface area contributed by atoms with Crippen LogP contribution in [0.2, 0.25) is 5.02 Å². The van der Waals surface area contributed by atoms with Crippen LogP contribution in [0.4, 0.5) is 18.9 Å². The van der Waals surface area contributed by atoms with E-state index in [1.54, 1.807) is 48.5 Å². The fourth-order valence-corrected chi connectivity index (χ4v) is 3.78. The predicted molar refractivity (Wildman–Crippen MR) is 106 cm³/mol. The highest BCUT2D eigenvalue weighted by Crippen LogP contribution is 2.37. The smallest absolute Gasteiger partial charge is 0.322 e. The molecule has 1 amide bonds. The molecule has 0 aliphatic rings. The molecule has 0 aromatic heterocycles. The lowest BCUT2D eigenvalue weighted by Gasteiger charge is -2.13. The number of halogens is 4. The zero-order chi connectivity index (χ0) is 21.0. The van der Waals surface area contributed by atoms with Crippen molar-refractivity contribution in [1.82, 2.24) is 0 Å². The number of benzene rings is 3. The number of anilines is 1. The Morgan fingerprint density at radius 2 is 1.66 bits per heavy atom. The number of amides is 1. The van der Waals surface area contributed by atoms with Crippen LogP contribution in [0.25, 0.3) is 0 Å². The minimum atomic E-state index is -4.63. The van der Waals surface area contributed by atoms with E-state index < -0.39 is 22.7 Å². The van der Waals surface area contributed by atoms with Crippen LogP contribution >= 0.6 is 23.4 Å². The molecule has 0 spiro atoms. The van der Waals surface area contributed by atoms with Gasteiger partial charge in [0.1, 0.15) is 6.07 Å². The van der Waals surface area contributed by atoms with Crippen LogP contribution in [0.1, 0.15) is 21.5 Å². The number of rotatable bonds is 4. The maximum absolute atomic E-state index is 13.0. The molecule has 3 nitrogen and oxygen atoms in total. The van der Waals surface area contributed by atoms with E-state index in [9.17, 15) is 23.2 Å². The number of carbonyl (C=O) groups excluding carboxylic acids is 1. The third-order valence-electron chi connectivity index (χ3n) is 3.89. The number of nitriles is 1. The standard InChI is InChI=1S/C21H12ClF3N2OS/c22-17-10-9-14(11-16(17)21(23,24)25)27-20(28)15-6-2-4-8-19(15)29-18-7-3-1-5-13(18)12-26/h1-11H,(H,27,28). The molecule has 146 valence electrons. The van der Waals surface area contributed by atoms with Crippen molar-refractivity contribution in [2.75, 3.05) is 5.32 Å². The van der Waals surface area contributed by atoms with E-state index in [-0.39, 0.29) is 11.3 Å². The molecule has 0 aliphatic heterocycles. The van der Waals surface area contributed by atoms with Crippen molar-refractivity contribution in [3.63, 3.8) is 0 Å². The number of hydrogen-bond donors (Lipinski definition) is 1. The molecule has 0 unspecified atom stereocenters. The van der Waals surface area contributed by atoms with Gasteiger partial charge in [0.05, 0.1) is 21.7 Å². The Hall–Kier alpha value is -2.95. The van der Waals surface area contributed by atoms with Crippen molar-refractivity contribution in [1.29, 1.82) is 5.26 Å². The first-order valence-corrected chi connectivity index (χ1v) is 9.43. The zero-order valence-corrected chi connectivity index (χ0v) is 16.2. The van der Waals surface area contributed by atoms with Gasteiger partial charge in [0, 0.05) is 15.5 Å². The predicted octanol–water partition coefficient (Wildman–Crippen LogP) is 6.63. The molecule has 0 bridgehead atoms. The van der Waals surface area contributed by atoms with Crippen molar-refractivity contribution in [3.8, 4) is 6.07 Å². The van der Waals surface area contributed by atoms with Crippen molar-refractivity contribution < 1.29 is 18.0 Å². The van der Waals surface area contributed by atoms with Crippen LogP contribution in [0.5, 0.6) is 0 Å². The first-order chi connectivity index (χ1) is 13.8. The Bertz CT molecular complexity index is 1110. The van der Waals surface area contributed by atoms with Gasteiger partial charge in [0.25, 0.3) is 5.91 Å². The van der Waals surface area contributed by atoms with Crippen molar-refractivity contribution in [2.24, 2.45) is 0 Å². The summed E-state index contributed by atoms with van der Waals surface area (Å²) in [6, 6.07) is 18.9. The molecule has 0 saturated heterocycles. The summed E-state index contributed by atoms with van der Waals surface area (Å²) in [5.74, 6) is -0.571. The van der Waals surface area contributed by atoms with Gasteiger partial charge < -0.3 is 5.32 Å². The molecule has 0 radical (unpaired) electrons. The minimum absolute atomic E-state index is 0.0241. The lowest BCUT2D eigenvalue weighted by atomic mass is 10.1. The summed E-state index contributed by atoms with van der Waals surface area (Å²) in [5, 5.41) is 11.3. The summed E-state index contributed by atoms with van der Waals surface area (Å²) in [5.41, 5.74) is -0.319. The van der Waals surface area contributed by atoms with Gasteiger partial charge >= 0.3 is 6.18 Å². The van der Waals surface area contributed by atoms with E-state index >= 15 is 0 Å². The summed E-state index contributed by atoms with van der Waals surface area (Å²) >= 11 is 6.85. The average molecular weight is 433 g/mol. The molecule has 3 aromatic carbocycles. The van der Waals surface area contributed by atoms with E-state index in [0.717, 1.165) is 12.1 Å². The van der Waals surface area contributed by atoms with Gasteiger partial charge in [-0.15, -0.1) is 0 Å². The van der Waals surface area contributed by atoms with E-state index in [1.165, 1.54) is 17.8 Å². The first-order valence-electron chi connectivity index (χ1n) is 8.23. The lowest BCUT2D eigenvalue weighted by Crippen LogP contribution is -2.14. The van der Waals surface area contributed by atoms with E-state index in [1.807, 2.05) is 0 Å². The Balaban J connectivity index is 1.89. The summed E-state index contributed by atoms with van der Waals surface area (Å²) in [7, 11) is 0. The topological polar surface area (TPSA) is 52.9 Å². The Labute approximate surface area is 174 Å². The van der Waals surface area contributed by atoms with Crippen LogP contribution in [0.3, 0.4) is 0 Å². The van der Waals surface area contributed by atoms with Gasteiger partial charge in [-0.2, -0.15) is 18.4 Å². The van der Waals surface area contributed by atoms with Gasteiger partial charge in [-0.3, -0.25) is 4.79 Å². The normalized spacial score (nSPS) is 11.0. The highest BCUT2D eigenvalue weighted by atomic mass is 35.5. The second-order valence-corrected chi connectivity index (χ2v) is 7.34. The molecular weight excluding hydrogens is 421 g/mol. The van der Waals surface area contributed by atoms with Gasteiger partial charge in [0.15, 0.2) is 0 Å². The van der Waals surface area contributed by atoms with Gasteiger partial charge in [0.2, 0.25) is 0 Å². The first kappa shape index (κ1) is 20.8. The Kier molecular flexibility index (Phi) is 6.16. The second kappa shape index (κ2) is 8.60. The fourth-order valence-electron chi connectivity index (χ4n) is 2.53. The largest absolute Gasteiger partial charge is 0.417 e. The monoisotopic (exact) mass is 432 g/mol. The van der Waals surface area contributed by atoms with Crippen LogP contribution in [-0.2, 0) is 6.18 Å². The molecule has 0 fully saturated rings. The number of alkyl halides is 3. The minimum Gasteiger partial charge on any atom is -0.322 e. The molecule has 0 heterocycles. The molecule has 29 heavy (non-hydrogen) atoms. The van der Waals surface area contributed by atoms with Crippen LogP contribution in [0, 0.1) is 11.3 Å². The zero-order valence-electron chi connectivity index (χ0n) is 14.6. The van der Waals surface area contributed by atoms with Crippen LogP contribution in [-0.4, -0.2) is 5.91 Å². The number of nitrogens with zero attached hydrogens (tertiary/aromatic N) is 1. The third-order valence-corrected chi connectivity index (χ3v) is 5.37. The van der Waals surface area contributed by atoms with Crippen molar-refractivity contribution in [2.45, 2.75) is 16.0 Å². The van der Waals surface area contributed by atoms with Crippen molar-refractivity contribution >= 4 is 35.0 Å². The van der Waals surface area contributed by atoms with Crippen LogP contribution in [0.15, 0.2) is 76.5 Å². The van der Waals surface area contributed by atoms with Gasteiger partial charge in [-0.1, -0.05) is 47.6 Å². The fraction of sp³-hybridized carbons (Fsp3) is 0.0476. The summed E-state index contributed by atoms with van der Waals surface area (Å²) in [4.78, 5) is 14.0. The molecule has 3 aromatic rings. The number of nitrogens with one attached hydrogen (secondary N) is 1. The maximum atomic E-state index is 13.0. The molecular formula is C21H12ClF3N2OS. The summed E-state index contributed by atoms with van der Waals surface area (Å²) < 4.78 is 39.1. The summed E-state index contributed by atoms with van der Waals surface area (Å²) in [6.07, 6.45) is -4.63. The van der Waals surface area contributed by atoms with Crippen molar-refractivity contribution in [3.05, 3.63) is 88.4 Å². The third kappa shape index (κ3) is 4.91.